The van der Waals surface area contributed by atoms with Crippen molar-refractivity contribution in [2.24, 2.45) is 5.14 Å². The minimum atomic E-state index is -3.73. The van der Waals surface area contributed by atoms with Crippen molar-refractivity contribution < 1.29 is 13.2 Å². The van der Waals surface area contributed by atoms with Crippen molar-refractivity contribution in [3.63, 3.8) is 0 Å². The monoisotopic (exact) mass is 329 g/mol. The van der Waals surface area contributed by atoms with Crippen LogP contribution in [0.15, 0.2) is 59.6 Å². The molecular formula is C16H15N3O3S. The van der Waals surface area contributed by atoms with Gasteiger partial charge in [0.1, 0.15) is 0 Å². The van der Waals surface area contributed by atoms with E-state index >= 15 is 0 Å². The van der Waals surface area contributed by atoms with Crippen molar-refractivity contribution in [2.45, 2.75) is 11.3 Å². The summed E-state index contributed by atoms with van der Waals surface area (Å²) in [5, 5.41) is 8.85. The second kappa shape index (κ2) is 5.86. The number of H-pyrrole nitrogens is 1. The van der Waals surface area contributed by atoms with Crippen LogP contribution in [0.5, 0.6) is 0 Å². The number of hydrogen-bond acceptors (Lipinski definition) is 3. The number of nitrogens with two attached hydrogens (primary N) is 1. The summed E-state index contributed by atoms with van der Waals surface area (Å²) in [5.74, 6) is -0.181. The van der Waals surface area contributed by atoms with Crippen LogP contribution in [-0.2, 0) is 21.2 Å². The Morgan fingerprint density at radius 2 is 1.83 bits per heavy atom. The molecule has 0 saturated carbocycles. The van der Waals surface area contributed by atoms with Gasteiger partial charge in [0.25, 0.3) is 0 Å². The van der Waals surface area contributed by atoms with E-state index in [4.69, 9.17) is 5.14 Å². The smallest absolute Gasteiger partial charge is 0.238 e. The molecule has 118 valence electrons. The molecule has 2 aromatic carbocycles. The van der Waals surface area contributed by atoms with Crippen molar-refractivity contribution in [3.05, 3.63) is 60.3 Å². The Morgan fingerprint density at radius 1 is 1.09 bits per heavy atom. The van der Waals surface area contributed by atoms with Crippen LogP contribution in [-0.4, -0.2) is 19.3 Å². The lowest BCUT2D eigenvalue weighted by Gasteiger charge is -2.06. The lowest BCUT2D eigenvalue weighted by Crippen LogP contribution is -2.15. The summed E-state index contributed by atoms with van der Waals surface area (Å²) < 4.78 is 22.4. The molecule has 0 aliphatic rings. The summed E-state index contributed by atoms with van der Waals surface area (Å²) >= 11 is 0. The van der Waals surface area contributed by atoms with Crippen molar-refractivity contribution in [2.75, 3.05) is 5.32 Å². The van der Waals surface area contributed by atoms with Gasteiger partial charge in [-0.05, 0) is 47.3 Å². The first kappa shape index (κ1) is 15.3. The minimum Gasteiger partial charge on any atom is -0.361 e. The van der Waals surface area contributed by atoms with Crippen LogP contribution in [0.25, 0.3) is 10.9 Å². The van der Waals surface area contributed by atoms with Crippen molar-refractivity contribution >= 4 is 32.5 Å². The highest BCUT2D eigenvalue weighted by atomic mass is 32.2. The number of hydrogen-bond donors (Lipinski definition) is 3. The molecule has 0 bridgehead atoms. The Hall–Kier alpha value is -2.64. The number of nitrogens with one attached hydrogen (secondary N) is 2. The quantitative estimate of drug-likeness (QED) is 0.681. The average molecular weight is 329 g/mol. The van der Waals surface area contributed by atoms with Crippen LogP contribution in [0.4, 0.5) is 5.69 Å². The number of aromatic amines is 1. The highest BCUT2D eigenvalue weighted by molar-refractivity contribution is 7.89. The molecule has 7 heteroatoms. The van der Waals surface area contributed by atoms with E-state index in [0.29, 0.717) is 5.69 Å². The molecule has 0 radical (unpaired) electrons. The molecule has 23 heavy (non-hydrogen) atoms. The second-order valence-electron chi connectivity index (χ2n) is 5.19. The third-order valence-corrected chi connectivity index (χ3v) is 4.38. The van der Waals surface area contributed by atoms with E-state index in [0.717, 1.165) is 16.5 Å². The number of carbonyl (C=O) groups excluding carboxylic acids is 1. The van der Waals surface area contributed by atoms with E-state index in [1.54, 1.807) is 0 Å². The van der Waals surface area contributed by atoms with E-state index in [-0.39, 0.29) is 17.2 Å². The van der Waals surface area contributed by atoms with Gasteiger partial charge in [0.05, 0.1) is 11.3 Å². The third kappa shape index (κ3) is 3.58. The fourth-order valence-electron chi connectivity index (χ4n) is 2.32. The molecule has 3 rings (SSSR count). The number of amides is 1. The molecule has 0 unspecified atom stereocenters. The number of rotatable bonds is 4. The van der Waals surface area contributed by atoms with E-state index in [1.165, 1.54) is 24.3 Å². The van der Waals surface area contributed by atoms with Gasteiger partial charge in [0.15, 0.2) is 0 Å². The van der Waals surface area contributed by atoms with Gasteiger partial charge >= 0.3 is 0 Å². The number of aromatic nitrogens is 1. The highest BCUT2D eigenvalue weighted by Crippen LogP contribution is 2.16. The van der Waals surface area contributed by atoms with Crippen molar-refractivity contribution in [3.8, 4) is 0 Å². The van der Waals surface area contributed by atoms with Gasteiger partial charge in [-0.2, -0.15) is 0 Å². The summed E-state index contributed by atoms with van der Waals surface area (Å²) in [7, 11) is -3.73. The average Bonchev–Trinajstić information content (AvgIpc) is 2.94. The molecule has 1 aromatic heterocycles. The number of carbonyl (C=O) groups is 1. The molecule has 0 atom stereocenters. The Balaban J connectivity index is 1.69. The van der Waals surface area contributed by atoms with Crippen LogP contribution in [0, 0.1) is 0 Å². The zero-order chi connectivity index (χ0) is 16.4. The predicted molar refractivity (Wildman–Crippen MR) is 88.4 cm³/mol. The predicted octanol–water partition coefficient (Wildman–Crippen LogP) is 2.00. The first-order chi connectivity index (χ1) is 10.9. The molecular weight excluding hydrogens is 314 g/mol. The Morgan fingerprint density at radius 3 is 2.52 bits per heavy atom. The Bertz CT molecular complexity index is 960. The molecule has 6 nitrogen and oxygen atoms in total. The van der Waals surface area contributed by atoms with Crippen LogP contribution >= 0.6 is 0 Å². The molecule has 3 aromatic rings. The summed E-state index contributed by atoms with van der Waals surface area (Å²) in [5.41, 5.74) is 2.38. The number of sulfonamides is 1. The van der Waals surface area contributed by atoms with Crippen LogP contribution in [0.1, 0.15) is 5.56 Å². The number of fused-ring (bicyclic) bond motifs is 1. The second-order valence-corrected chi connectivity index (χ2v) is 6.76. The molecule has 4 N–H and O–H groups in total. The molecule has 0 saturated heterocycles. The summed E-state index contributed by atoms with van der Waals surface area (Å²) in [6.45, 7) is 0. The Kier molecular flexibility index (Phi) is 3.89. The zero-order valence-corrected chi connectivity index (χ0v) is 12.9. The number of primary sulfonamides is 1. The maximum Gasteiger partial charge on any atom is 0.238 e. The summed E-state index contributed by atoms with van der Waals surface area (Å²) in [6, 6.07) is 13.5. The topological polar surface area (TPSA) is 105 Å². The fraction of sp³-hybridized carbons (Fsp3) is 0.0625. The van der Waals surface area contributed by atoms with Gasteiger partial charge in [-0.1, -0.05) is 12.1 Å². The molecule has 1 heterocycles. The molecule has 1 amide bonds. The first-order valence-corrected chi connectivity index (χ1v) is 8.45. The van der Waals surface area contributed by atoms with Gasteiger partial charge in [-0.15, -0.1) is 0 Å². The third-order valence-electron chi connectivity index (χ3n) is 3.45. The van der Waals surface area contributed by atoms with Crippen LogP contribution < -0.4 is 10.5 Å². The van der Waals surface area contributed by atoms with E-state index in [2.05, 4.69) is 10.3 Å². The normalized spacial score (nSPS) is 11.5. The number of anilines is 1. The standard InChI is InChI=1S/C16H15N3O3S/c17-23(21,22)14-5-3-13(4-6-14)19-16(20)10-11-1-2-12-7-8-18-15(12)9-11/h1-9,18H,10H2,(H,19,20)(H2,17,21,22). The SMILES string of the molecule is NS(=O)(=O)c1ccc(NC(=O)Cc2ccc3cc[nH]c3c2)cc1. The van der Waals surface area contributed by atoms with E-state index in [1.807, 2.05) is 30.5 Å². The van der Waals surface area contributed by atoms with Crippen LogP contribution in [0.2, 0.25) is 0 Å². The zero-order valence-electron chi connectivity index (χ0n) is 12.1. The molecule has 0 aliphatic carbocycles. The maximum atomic E-state index is 12.1. The fourth-order valence-corrected chi connectivity index (χ4v) is 2.84. The van der Waals surface area contributed by atoms with E-state index < -0.39 is 10.0 Å². The molecule has 0 spiro atoms. The van der Waals surface area contributed by atoms with Crippen LogP contribution in [0.3, 0.4) is 0 Å². The van der Waals surface area contributed by atoms with Gasteiger partial charge in [0, 0.05) is 17.4 Å². The highest BCUT2D eigenvalue weighted by Gasteiger charge is 2.09. The summed E-state index contributed by atoms with van der Waals surface area (Å²) in [4.78, 5) is 15.2. The maximum absolute atomic E-state index is 12.1. The van der Waals surface area contributed by atoms with Gasteiger partial charge in [0.2, 0.25) is 15.9 Å². The van der Waals surface area contributed by atoms with Crippen molar-refractivity contribution in [1.29, 1.82) is 0 Å². The van der Waals surface area contributed by atoms with E-state index in [9.17, 15) is 13.2 Å². The first-order valence-electron chi connectivity index (χ1n) is 6.90. The lowest BCUT2D eigenvalue weighted by atomic mass is 10.1. The van der Waals surface area contributed by atoms with Gasteiger partial charge in [-0.3, -0.25) is 4.79 Å². The van der Waals surface area contributed by atoms with Crippen molar-refractivity contribution in [1.82, 2.24) is 4.98 Å². The Labute approximate surface area is 133 Å². The minimum absolute atomic E-state index is 0.00713. The molecule has 0 fully saturated rings. The number of benzene rings is 2. The largest absolute Gasteiger partial charge is 0.361 e. The molecule has 0 aliphatic heterocycles. The van der Waals surface area contributed by atoms with Gasteiger partial charge < -0.3 is 10.3 Å². The summed E-state index contributed by atoms with van der Waals surface area (Å²) in [6.07, 6.45) is 2.08. The lowest BCUT2D eigenvalue weighted by molar-refractivity contribution is -0.115. The van der Waals surface area contributed by atoms with Gasteiger partial charge in [-0.25, -0.2) is 13.6 Å².